The third-order valence-electron chi connectivity index (χ3n) is 2.50. The molecular weight excluding hydrogens is 264 g/mol. The second-order valence-electron chi connectivity index (χ2n) is 4.26. The van der Waals surface area contributed by atoms with Gasteiger partial charge in [0.2, 0.25) is 0 Å². The lowest BCUT2D eigenvalue weighted by Crippen LogP contribution is -2.18. The van der Waals surface area contributed by atoms with E-state index in [1.165, 1.54) is 26.0 Å². The van der Waals surface area contributed by atoms with Gasteiger partial charge in [0.05, 0.1) is 6.61 Å². The van der Waals surface area contributed by atoms with Gasteiger partial charge < -0.3 is 4.74 Å². The SMILES string of the molecule is Cc1cc(C(=O)CCOCC(F)(F)F)cc(C)c1F. The van der Waals surface area contributed by atoms with Crippen LogP contribution in [0.3, 0.4) is 0 Å². The maximum absolute atomic E-state index is 13.4. The van der Waals surface area contributed by atoms with E-state index >= 15 is 0 Å². The van der Waals surface area contributed by atoms with Gasteiger partial charge in [-0.15, -0.1) is 0 Å². The Bertz CT molecular complexity index is 443. The number of hydrogen-bond acceptors (Lipinski definition) is 2. The lowest BCUT2D eigenvalue weighted by molar-refractivity contribution is -0.173. The standard InChI is InChI=1S/C13H14F4O2/c1-8-5-10(6-9(2)12(8)14)11(18)3-4-19-7-13(15,16)17/h5-6H,3-4,7H2,1-2H3. The monoisotopic (exact) mass is 278 g/mol. The van der Waals surface area contributed by atoms with E-state index in [1.54, 1.807) is 0 Å². The molecule has 0 aliphatic carbocycles. The normalized spacial score (nSPS) is 11.7. The molecule has 1 rings (SSSR count). The van der Waals surface area contributed by atoms with Crippen LogP contribution in [0.2, 0.25) is 0 Å². The van der Waals surface area contributed by atoms with E-state index in [-0.39, 0.29) is 30.2 Å². The van der Waals surface area contributed by atoms with Crippen LogP contribution in [0, 0.1) is 19.7 Å². The van der Waals surface area contributed by atoms with Crippen LogP contribution in [0.4, 0.5) is 17.6 Å². The van der Waals surface area contributed by atoms with Gasteiger partial charge in [-0.25, -0.2) is 4.39 Å². The highest BCUT2D eigenvalue weighted by molar-refractivity contribution is 5.96. The summed E-state index contributed by atoms with van der Waals surface area (Å²) in [5, 5.41) is 0. The Kier molecular flexibility index (Phi) is 5.05. The summed E-state index contributed by atoms with van der Waals surface area (Å²) in [7, 11) is 0. The van der Waals surface area contributed by atoms with Crippen LogP contribution >= 0.6 is 0 Å². The molecule has 0 heterocycles. The molecule has 0 aromatic heterocycles. The fraction of sp³-hybridized carbons (Fsp3) is 0.462. The molecule has 0 atom stereocenters. The maximum Gasteiger partial charge on any atom is 0.411 e. The van der Waals surface area contributed by atoms with E-state index < -0.39 is 12.8 Å². The first-order valence-electron chi connectivity index (χ1n) is 5.65. The Balaban J connectivity index is 2.55. The Labute approximate surface area is 108 Å². The maximum atomic E-state index is 13.4. The summed E-state index contributed by atoms with van der Waals surface area (Å²) in [6.45, 7) is 1.37. The summed E-state index contributed by atoms with van der Waals surface area (Å²) < 4.78 is 53.1. The van der Waals surface area contributed by atoms with Crippen molar-refractivity contribution in [2.45, 2.75) is 26.4 Å². The van der Waals surface area contributed by atoms with Crippen molar-refractivity contribution in [1.29, 1.82) is 0 Å². The second-order valence-corrected chi connectivity index (χ2v) is 4.26. The summed E-state index contributed by atoms with van der Waals surface area (Å²) in [5.74, 6) is -0.752. The summed E-state index contributed by atoms with van der Waals surface area (Å²) in [4.78, 5) is 11.7. The summed E-state index contributed by atoms with van der Waals surface area (Å²) in [6.07, 6.45) is -4.56. The van der Waals surface area contributed by atoms with E-state index in [1.807, 2.05) is 0 Å². The fourth-order valence-corrected chi connectivity index (χ4v) is 1.60. The molecule has 0 aliphatic heterocycles. The van der Waals surface area contributed by atoms with Crippen LogP contribution in [0.5, 0.6) is 0 Å². The third kappa shape index (κ3) is 4.98. The molecule has 0 saturated heterocycles. The molecule has 0 radical (unpaired) electrons. The highest BCUT2D eigenvalue weighted by atomic mass is 19.4. The van der Waals surface area contributed by atoms with Crippen molar-refractivity contribution < 1.29 is 27.1 Å². The van der Waals surface area contributed by atoms with Gasteiger partial charge in [0, 0.05) is 12.0 Å². The predicted octanol–water partition coefficient (Wildman–Crippen LogP) is 3.59. The Hall–Kier alpha value is -1.43. The molecule has 2 nitrogen and oxygen atoms in total. The van der Waals surface area contributed by atoms with E-state index in [0.717, 1.165) is 0 Å². The number of ether oxygens (including phenoxy) is 1. The van der Waals surface area contributed by atoms with Gasteiger partial charge in [-0.05, 0) is 37.1 Å². The molecule has 106 valence electrons. The first-order chi connectivity index (χ1) is 8.70. The topological polar surface area (TPSA) is 26.3 Å². The van der Waals surface area contributed by atoms with Gasteiger partial charge in [0.25, 0.3) is 0 Å². The highest BCUT2D eigenvalue weighted by Crippen LogP contribution is 2.17. The number of halogens is 4. The predicted molar refractivity (Wildman–Crippen MR) is 61.7 cm³/mol. The van der Waals surface area contributed by atoms with Crippen LogP contribution in [0.1, 0.15) is 27.9 Å². The Morgan fingerprint density at radius 2 is 1.74 bits per heavy atom. The van der Waals surface area contributed by atoms with E-state index in [9.17, 15) is 22.4 Å². The molecular formula is C13H14F4O2. The quantitative estimate of drug-likeness (QED) is 0.467. The third-order valence-corrected chi connectivity index (χ3v) is 2.50. The molecule has 0 bridgehead atoms. The molecule has 1 aromatic rings. The second kappa shape index (κ2) is 6.14. The summed E-state index contributed by atoms with van der Waals surface area (Å²) in [6, 6.07) is 2.77. The van der Waals surface area contributed by atoms with Crippen LogP contribution in [0.25, 0.3) is 0 Å². The van der Waals surface area contributed by atoms with Crippen LogP contribution in [-0.4, -0.2) is 25.2 Å². The number of carbonyl (C=O) groups is 1. The van der Waals surface area contributed by atoms with Gasteiger partial charge in [-0.3, -0.25) is 4.79 Å². The molecule has 0 N–H and O–H groups in total. The van der Waals surface area contributed by atoms with Gasteiger partial charge in [0.1, 0.15) is 12.4 Å². The minimum Gasteiger partial charge on any atom is -0.372 e. The largest absolute Gasteiger partial charge is 0.411 e. The molecule has 0 unspecified atom stereocenters. The van der Waals surface area contributed by atoms with Gasteiger partial charge in [-0.1, -0.05) is 0 Å². The fourth-order valence-electron chi connectivity index (χ4n) is 1.60. The van der Waals surface area contributed by atoms with E-state index in [0.29, 0.717) is 11.1 Å². The summed E-state index contributed by atoms with van der Waals surface area (Å²) >= 11 is 0. The average molecular weight is 278 g/mol. The number of alkyl halides is 3. The van der Waals surface area contributed by atoms with Gasteiger partial charge in [-0.2, -0.15) is 13.2 Å². The number of benzene rings is 1. The molecule has 1 aromatic carbocycles. The number of Topliss-reactive ketones (excluding diaryl/α,β-unsaturated/α-hetero) is 1. The van der Waals surface area contributed by atoms with Crippen molar-refractivity contribution in [3.63, 3.8) is 0 Å². The highest BCUT2D eigenvalue weighted by Gasteiger charge is 2.27. The van der Waals surface area contributed by atoms with Crippen LogP contribution in [0.15, 0.2) is 12.1 Å². The van der Waals surface area contributed by atoms with Crippen molar-refractivity contribution in [2.75, 3.05) is 13.2 Å². The van der Waals surface area contributed by atoms with E-state index in [4.69, 9.17) is 0 Å². The molecule has 0 amide bonds. The van der Waals surface area contributed by atoms with Crippen LogP contribution < -0.4 is 0 Å². The van der Waals surface area contributed by atoms with Crippen molar-refractivity contribution in [3.05, 3.63) is 34.6 Å². The molecule has 0 saturated carbocycles. The Morgan fingerprint density at radius 3 is 2.21 bits per heavy atom. The molecule has 0 aliphatic rings. The van der Waals surface area contributed by atoms with Crippen LogP contribution in [-0.2, 0) is 4.74 Å². The lowest BCUT2D eigenvalue weighted by atomic mass is 10.0. The number of hydrogen-bond donors (Lipinski definition) is 0. The first-order valence-corrected chi connectivity index (χ1v) is 5.65. The molecule has 0 spiro atoms. The zero-order valence-corrected chi connectivity index (χ0v) is 10.6. The van der Waals surface area contributed by atoms with Gasteiger partial charge in [0.15, 0.2) is 5.78 Å². The summed E-state index contributed by atoms with van der Waals surface area (Å²) in [5.41, 5.74) is 0.950. The van der Waals surface area contributed by atoms with Crippen molar-refractivity contribution in [2.24, 2.45) is 0 Å². The number of aryl methyl sites for hydroxylation is 2. The number of ketones is 1. The van der Waals surface area contributed by atoms with E-state index in [2.05, 4.69) is 4.74 Å². The zero-order valence-electron chi connectivity index (χ0n) is 10.6. The number of carbonyl (C=O) groups excluding carboxylic acids is 1. The first kappa shape index (κ1) is 15.6. The molecule has 6 heteroatoms. The zero-order chi connectivity index (χ0) is 14.6. The molecule has 19 heavy (non-hydrogen) atoms. The molecule has 0 fully saturated rings. The minimum atomic E-state index is -4.40. The smallest absolute Gasteiger partial charge is 0.372 e. The average Bonchev–Trinajstić information content (AvgIpc) is 2.29. The number of rotatable bonds is 5. The Morgan fingerprint density at radius 1 is 1.21 bits per heavy atom. The minimum absolute atomic E-state index is 0.166. The van der Waals surface area contributed by atoms with Crippen molar-refractivity contribution in [3.8, 4) is 0 Å². The van der Waals surface area contributed by atoms with Crippen molar-refractivity contribution in [1.82, 2.24) is 0 Å². The van der Waals surface area contributed by atoms with Gasteiger partial charge >= 0.3 is 6.18 Å². The lowest BCUT2D eigenvalue weighted by Gasteiger charge is -2.08. The van der Waals surface area contributed by atoms with Crippen molar-refractivity contribution >= 4 is 5.78 Å².